The summed E-state index contributed by atoms with van der Waals surface area (Å²) >= 11 is 8.30. The van der Waals surface area contributed by atoms with Crippen LogP contribution in [0.5, 0.6) is 0 Å². The number of hydrogen-bond acceptors (Lipinski definition) is 9. The van der Waals surface area contributed by atoms with Crippen LogP contribution in [0.15, 0.2) is 146 Å². The third kappa shape index (κ3) is 15.8. The number of ketones is 3. The summed E-state index contributed by atoms with van der Waals surface area (Å²) in [6, 6.07) is 45.1. The number of anilines is 6. The van der Waals surface area contributed by atoms with Gasteiger partial charge in [-0.3, -0.25) is 14.4 Å². The molecule has 0 unspecified atom stereocenters. The molecule has 6 aromatic rings. The van der Waals surface area contributed by atoms with Crippen LogP contribution in [0.3, 0.4) is 0 Å². The molecule has 12 heteroatoms. The van der Waals surface area contributed by atoms with E-state index in [2.05, 4.69) is 86.5 Å². The van der Waals surface area contributed by atoms with Crippen molar-refractivity contribution in [2.45, 2.75) is 38.5 Å². The van der Waals surface area contributed by atoms with E-state index in [0.29, 0.717) is 5.02 Å². The third-order valence-corrected chi connectivity index (χ3v) is 14.0. The predicted octanol–water partition coefficient (Wildman–Crippen LogP) is 13.3. The first-order chi connectivity index (χ1) is 33.3. The van der Waals surface area contributed by atoms with Crippen molar-refractivity contribution in [2.24, 2.45) is 17.8 Å². The van der Waals surface area contributed by atoms with Gasteiger partial charge in [-0.15, -0.1) is 0 Å². The number of carbonyl (C=O) groups is 3. The zero-order valence-electron chi connectivity index (χ0n) is 39.8. The van der Waals surface area contributed by atoms with Gasteiger partial charge in [0.1, 0.15) is 5.82 Å². The molecule has 6 aromatic carbocycles. The van der Waals surface area contributed by atoms with Gasteiger partial charge in [-0.1, -0.05) is 54.1 Å². The SMILES string of the molecule is CN1CCC(C(=O)c2cccc(Nc3ccc(F)cc3)c2)CC1.CN1CCC(C(=O)c2cccc(Nc3ccc(I)cc3)c2)CC1.CN1CCC(C(=O)c2cccc(Nc3cccc(Cl)c3)c2)CC1. The predicted molar refractivity (Wildman–Crippen MR) is 290 cm³/mol. The number of hydrogen-bond donors (Lipinski definition) is 3. The molecular weight excluding hydrogens is 998 g/mol. The minimum absolute atomic E-state index is 0.118. The van der Waals surface area contributed by atoms with E-state index in [1.807, 2.05) is 109 Å². The number of nitrogens with zero attached hydrogens (tertiary/aromatic N) is 3. The van der Waals surface area contributed by atoms with Crippen molar-refractivity contribution in [3.05, 3.63) is 177 Å². The fraction of sp³-hybridized carbons (Fsp3) is 0.316. The van der Waals surface area contributed by atoms with Crippen LogP contribution in [0.4, 0.5) is 38.5 Å². The zero-order valence-corrected chi connectivity index (χ0v) is 42.7. The van der Waals surface area contributed by atoms with E-state index in [1.54, 1.807) is 12.1 Å². The molecule has 3 N–H and O–H groups in total. The summed E-state index contributed by atoms with van der Waals surface area (Å²) in [5.74, 6) is 0.930. The smallest absolute Gasteiger partial charge is 0.166 e. The van der Waals surface area contributed by atoms with Crippen LogP contribution in [0.2, 0.25) is 5.02 Å². The topological polar surface area (TPSA) is 97.0 Å². The zero-order chi connectivity index (χ0) is 48.7. The van der Waals surface area contributed by atoms with Gasteiger partial charge in [-0.2, -0.15) is 0 Å². The summed E-state index contributed by atoms with van der Waals surface area (Å²) in [7, 11) is 6.32. The average molecular weight is 1060 g/mol. The lowest BCUT2D eigenvalue weighted by atomic mass is 9.89. The molecule has 3 aliphatic heterocycles. The fourth-order valence-corrected chi connectivity index (χ4v) is 9.45. The number of carbonyl (C=O) groups excluding carboxylic acids is 3. The van der Waals surface area contributed by atoms with Crippen molar-refractivity contribution in [1.82, 2.24) is 14.7 Å². The normalized spacial score (nSPS) is 16.3. The number of likely N-dealkylation sites (tertiary alicyclic amines) is 3. The van der Waals surface area contributed by atoms with Gasteiger partial charge in [0.25, 0.3) is 0 Å². The Morgan fingerprint density at radius 2 is 0.754 bits per heavy atom. The molecule has 0 atom stereocenters. The minimum atomic E-state index is -0.262. The lowest BCUT2D eigenvalue weighted by Gasteiger charge is -2.28. The Labute approximate surface area is 426 Å². The Kier molecular flexibility index (Phi) is 18.9. The summed E-state index contributed by atoms with van der Waals surface area (Å²) in [5.41, 5.74) is 7.81. The second-order valence-electron chi connectivity index (χ2n) is 18.5. The molecule has 9 nitrogen and oxygen atoms in total. The molecule has 0 amide bonds. The largest absolute Gasteiger partial charge is 0.356 e. The maximum Gasteiger partial charge on any atom is 0.166 e. The highest BCUT2D eigenvalue weighted by Crippen LogP contribution is 2.28. The van der Waals surface area contributed by atoms with Crippen molar-refractivity contribution in [1.29, 1.82) is 0 Å². The van der Waals surface area contributed by atoms with Gasteiger partial charge >= 0.3 is 0 Å². The van der Waals surface area contributed by atoms with Gasteiger partial charge < -0.3 is 30.7 Å². The van der Waals surface area contributed by atoms with Crippen molar-refractivity contribution >= 4 is 85.7 Å². The van der Waals surface area contributed by atoms with Crippen LogP contribution < -0.4 is 16.0 Å². The second kappa shape index (κ2) is 25.4. The molecule has 0 saturated carbocycles. The molecule has 0 aliphatic carbocycles. The number of nitrogens with one attached hydrogen (secondary N) is 3. The van der Waals surface area contributed by atoms with Gasteiger partial charge in [0.15, 0.2) is 17.3 Å². The first-order valence-electron chi connectivity index (χ1n) is 23.9. The van der Waals surface area contributed by atoms with E-state index >= 15 is 0 Å². The van der Waals surface area contributed by atoms with Gasteiger partial charge in [0.2, 0.25) is 0 Å². The lowest BCUT2D eigenvalue weighted by molar-refractivity contribution is 0.0850. The molecular formula is C57H63ClFIN6O3. The van der Waals surface area contributed by atoms with Crippen LogP contribution in [0.1, 0.15) is 69.6 Å². The Bertz CT molecular complexity index is 2500. The average Bonchev–Trinajstić information content (AvgIpc) is 3.36. The molecule has 9 rings (SSSR count). The highest BCUT2D eigenvalue weighted by atomic mass is 127. The maximum atomic E-state index is 13.0. The Morgan fingerprint density at radius 1 is 0.449 bits per heavy atom. The molecule has 0 radical (unpaired) electrons. The third-order valence-electron chi connectivity index (χ3n) is 13.1. The first kappa shape index (κ1) is 51.4. The van der Waals surface area contributed by atoms with Crippen molar-refractivity contribution < 1.29 is 18.8 Å². The molecule has 360 valence electrons. The van der Waals surface area contributed by atoms with Gasteiger partial charge in [0, 0.05) is 77.2 Å². The number of Topliss-reactive ketones (excluding diaryl/α,β-unsaturated/α-hetero) is 3. The number of halogens is 3. The van der Waals surface area contributed by atoms with Crippen LogP contribution in [-0.4, -0.2) is 92.5 Å². The Morgan fingerprint density at radius 3 is 1.10 bits per heavy atom. The van der Waals surface area contributed by atoms with E-state index in [1.165, 1.54) is 15.7 Å². The van der Waals surface area contributed by atoms with Crippen molar-refractivity contribution in [3.8, 4) is 0 Å². The maximum absolute atomic E-state index is 13.0. The molecule has 3 fully saturated rings. The lowest BCUT2D eigenvalue weighted by Crippen LogP contribution is -2.33. The monoisotopic (exact) mass is 1060 g/mol. The minimum Gasteiger partial charge on any atom is -0.356 e. The molecule has 69 heavy (non-hydrogen) atoms. The summed E-state index contributed by atoms with van der Waals surface area (Å²) in [6.07, 6.45) is 5.66. The molecule has 0 spiro atoms. The molecule has 0 aromatic heterocycles. The van der Waals surface area contributed by atoms with Crippen LogP contribution >= 0.6 is 34.2 Å². The first-order valence-corrected chi connectivity index (χ1v) is 25.4. The van der Waals surface area contributed by atoms with E-state index in [4.69, 9.17) is 11.6 Å². The highest BCUT2D eigenvalue weighted by molar-refractivity contribution is 14.1. The quantitative estimate of drug-likeness (QED) is 0.0818. The molecule has 3 heterocycles. The molecule has 3 aliphatic rings. The molecule has 0 bridgehead atoms. The number of rotatable bonds is 12. The summed E-state index contributed by atoms with van der Waals surface area (Å²) in [6.45, 7) is 5.97. The van der Waals surface area contributed by atoms with E-state index < -0.39 is 0 Å². The van der Waals surface area contributed by atoms with Crippen molar-refractivity contribution in [2.75, 3.05) is 76.4 Å². The van der Waals surface area contributed by atoms with E-state index in [9.17, 15) is 18.8 Å². The standard InChI is InChI=1S/C19H21ClN2O.C19H21FN2O.C19H21IN2O/c1-22-10-8-14(9-11-22)19(23)15-4-2-6-17(12-15)21-18-7-3-5-16(20)13-18;2*1-22-11-9-14(10-12-22)19(23)15-3-2-4-18(13-15)21-17-7-5-16(20)6-8-17/h2-7,12-14,21H,8-11H2,1H3;2*2-8,13-14,21H,9-12H2,1H3. The summed E-state index contributed by atoms with van der Waals surface area (Å²) in [5, 5.41) is 10.6. The Balaban J connectivity index is 0.000000153. The van der Waals surface area contributed by atoms with E-state index in [-0.39, 0.29) is 40.9 Å². The second-order valence-corrected chi connectivity index (χ2v) is 20.1. The van der Waals surface area contributed by atoms with E-state index in [0.717, 1.165) is 129 Å². The van der Waals surface area contributed by atoms with Gasteiger partial charge in [-0.05, 0) is 225 Å². The highest BCUT2D eigenvalue weighted by Gasteiger charge is 2.27. The van der Waals surface area contributed by atoms with Crippen LogP contribution in [0.25, 0.3) is 0 Å². The molecule has 3 saturated heterocycles. The summed E-state index contributed by atoms with van der Waals surface area (Å²) < 4.78 is 14.2. The van der Waals surface area contributed by atoms with Gasteiger partial charge in [-0.25, -0.2) is 4.39 Å². The Hall–Kier alpha value is -5.44. The van der Waals surface area contributed by atoms with Crippen LogP contribution in [0, 0.1) is 27.1 Å². The number of benzene rings is 6. The van der Waals surface area contributed by atoms with Crippen molar-refractivity contribution in [3.63, 3.8) is 0 Å². The summed E-state index contributed by atoms with van der Waals surface area (Å²) in [4.78, 5) is 44.9. The fourth-order valence-electron chi connectivity index (χ4n) is 8.90. The number of piperidine rings is 3. The van der Waals surface area contributed by atoms with Crippen LogP contribution in [-0.2, 0) is 0 Å². The van der Waals surface area contributed by atoms with Gasteiger partial charge in [0.05, 0.1) is 0 Å².